The molecule has 0 bridgehead atoms. The molecule has 8 N–H and O–H groups in total. The van der Waals surface area contributed by atoms with Gasteiger partial charge in [-0.15, -0.1) is 0 Å². The smallest absolute Gasteiger partial charge is 0.299 e. The number of fused-ring (bicyclic) bond motifs is 6. The maximum atomic E-state index is 13.0. The Kier molecular flexibility index (Phi) is 26.6. The predicted molar refractivity (Wildman–Crippen MR) is 560 cm³/mol. The van der Waals surface area contributed by atoms with Gasteiger partial charge in [0, 0.05) is 168 Å². The summed E-state index contributed by atoms with van der Waals surface area (Å²) in [5.74, 6) is 16.6. The van der Waals surface area contributed by atoms with Crippen molar-refractivity contribution in [2.24, 2.45) is 34.5 Å². The molecule has 148 heavy (non-hydrogen) atoms. The lowest BCUT2D eigenvalue weighted by atomic mass is 9.93. The molecular formula is C116H108N24O8. The monoisotopic (exact) mass is 1960 g/mol. The summed E-state index contributed by atoms with van der Waals surface area (Å²) in [6, 6.07) is 51.1. The molecule has 4 saturated heterocycles. The molecule has 4 aromatic carbocycles. The summed E-state index contributed by atoms with van der Waals surface area (Å²) in [5, 5.41) is 0. The Morgan fingerprint density at radius 2 is 0.642 bits per heavy atom. The summed E-state index contributed by atoms with van der Waals surface area (Å²) in [5.41, 5.74) is 40.0. The summed E-state index contributed by atoms with van der Waals surface area (Å²) in [4.78, 5) is 165. The minimum atomic E-state index is -0.196. The Labute approximate surface area is 853 Å². The van der Waals surface area contributed by atoms with Crippen molar-refractivity contribution in [3.63, 3.8) is 0 Å². The van der Waals surface area contributed by atoms with Crippen molar-refractivity contribution in [1.29, 1.82) is 0 Å². The first-order valence-electron chi connectivity index (χ1n) is 50.0. The number of anilines is 4. The van der Waals surface area contributed by atoms with Crippen LogP contribution in [0.1, 0.15) is 203 Å². The van der Waals surface area contributed by atoms with E-state index in [0.717, 1.165) is 158 Å². The third-order valence-corrected chi connectivity index (χ3v) is 30.4. The molecule has 16 aromatic rings. The molecule has 4 aliphatic carbocycles. The fourth-order valence-electron chi connectivity index (χ4n) is 22.8. The van der Waals surface area contributed by atoms with Gasteiger partial charge in [0.1, 0.15) is 91.4 Å². The number of pyridine rings is 4. The second-order valence-corrected chi connectivity index (χ2v) is 39.4. The van der Waals surface area contributed by atoms with Crippen LogP contribution in [0.25, 0.3) is 67.1 Å². The third kappa shape index (κ3) is 19.1. The molecule has 4 saturated carbocycles. The first-order valence-corrected chi connectivity index (χ1v) is 50.0. The van der Waals surface area contributed by atoms with E-state index >= 15 is 0 Å². The fourth-order valence-corrected chi connectivity index (χ4v) is 22.8. The highest BCUT2D eigenvalue weighted by Crippen LogP contribution is 2.61. The number of benzene rings is 4. The highest BCUT2D eigenvalue weighted by molar-refractivity contribution is 6.02. The molecule has 4 aliphatic heterocycles. The van der Waals surface area contributed by atoms with Crippen LogP contribution in [-0.4, -0.2) is 170 Å². The summed E-state index contributed by atoms with van der Waals surface area (Å²) in [6.07, 6.45) is 37.4. The van der Waals surface area contributed by atoms with E-state index in [9.17, 15) is 38.4 Å². The van der Waals surface area contributed by atoms with Gasteiger partial charge in [0.15, 0.2) is 23.1 Å². The number of imidazole rings is 4. The maximum absolute atomic E-state index is 13.0. The number of nitrogen functional groups attached to an aromatic ring is 4. The number of likely N-dealkylation sites (tertiary alicyclic amines) is 4. The third-order valence-electron chi connectivity index (χ3n) is 30.4. The van der Waals surface area contributed by atoms with Crippen molar-refractivity contribution < 1.29 is 38.4 Å². The number of nitrogens with two attached hydrogens (primary N) is 4. The Morgan fingerprint density at radius 1 is 0.351 bits per heavy atom. The maximum Gasteiger partial charge on any atom is 0.299 e. The predicted octanol–water partition coefficient (Wildman–Crippen LogP) is 16.3. The van der Waals surface area contributed by atoms with Gasteiger partial charge in [0.25, 0.3) is 11.8 Å². The Balaban J connectivity index is 0.000000116. The van der Waals surface area contributed by atoms with Crippen LogP contribution in [0.5, 0.6) is 0 Å². The molecule has 8 atom stereocenters. The molecule has 16 heterocycles. The average molecular weight is 1970 g/mol. The van der Waals surface area contributed by atoms with Gasteiger partial charge in [-0.3, -0.25) is 75.9 Å². The van der Waals surface area contributed by atoms with Gasteiger partial charge in [-0.05, 0) is 185 Å². The van der Waals surface area contributed by atoms with Crippen molar-refractivity contribution in [3.05, 3.63) is 338 Å². The van der Waals surface area contributed by atoms with E-state index in [-0.39, 0.29) is 107 Å². The lowest BCUT2D eigenvalue weighted by Crippen LogP contribution is -2.32. The number of hydrogen-bond donors (Lipinski definition) is 4. The first kappa shape index (κ1) is 96.5. The molecule has 8 fully saturated rings. The molecule has 24 rings (SSSR count). The molecule has 740 valence electrons. The van der Waals surface area contributed by atoms with Crippen LogP contribution in [0.3, 0.4) is 0 Å². The summed E-state index contributed by atoms with van der Waals surface area (Å²) >= 11 is 0. The number of rotatable bonds is 22. The van der Waals surface area contributed by atoms with Gasteiger partial charge >= 0.3 is 0 Å². The largest absolute Gasteiger partial charge is 0.382 e. The van der Waals surface area contributed by atoms with E-state index in [2.05, 4.69) is 76.7 Å². The number of carbonyl (C=O) groups is 8. The van der Waals surface area contributed by atoms with E-state index in [0.29, 0.717) is 127 Å². The van der Waals surface area contributed by atoms with Crippen LogP contribution < -0.4 is 22.9 Å². The Morgan fingerprint density at radius 3 is 0.953 bits per heavy atom. The van der Waals surface area contributed by atoms with Crippen molar-refractivity contribution in [3.8, 4) is 68.7 Å². The van der Waals surface area contributed by atoms with Crippen LogP contribution in [0, 0.1) is 58.2 Å². The van der Waals surface area contributed by atoms with Gasteiger partial charge in [0.05, 0.1) is 49.9 Å². The van der Waals surface area contributed by atoms with Crippen LogP contribution in [0.2, 0.25) is 0 Å². The van der Waals surface area contributed by atoms with Crippen LogP contribution >= 0.6 is 0 Å². The van der Waals surface area contributed by atoms with Crippen molar-refractivity contribution in [2.75, 3.05) is 49.1 Å². The normalized spacial score (nSPS) is 19.1. The number of hydrogen-bond acceptors (Lipinski definition) is 24. The summed E-state index contributed by atoms with van der Waals surface area (Å²) in [6.45, 7) is 13.6. The van der Waals surface area contributed by atoms with Gasteiger partial charge < -0.3 is 42.5 Å². The molecule has 32 nitrogen and oxygen atoms in total. The van der Waals surface area contributed by atoms with E-state index in [1.807, 2.05) is 208 Å². The van der Waals surface area contributed by atoms with Gasteiger partial charge in [-0.25, -0.2) is 39.9 Å². The highest BCUT2D eigenvalue weighted by atomic mass is 16.2. The van der Waals surface area contributed by atoms with E-state index in [1.165, 1.54) is 12.2 Å². The van der Waals surface area contributed by atoms with Crippen LogP contribution in [-0.2, 0) is 44.9 Å². The molecular weight excluding hydrogens is 1860 g/mol. The molecule has 2 spiro atoms. The lowest BCUT2D eigenvalue weighted by Gasteiger charge is -2.26. The van der Waals surface area contributed by atoms with E-state index in [1.54, 1.807) is 87.7 Å². The second-order valence-electron chi connectivity index (χ2n) is 39.4. The number of amides is 4. The Hall–Kier alpha value is -17.7. The van der Waals surface area contributed by atoms with Crippen molar-refractivity contribution in [2.45, 2.75) is 141 Å². The highest BCUT2D eigenvalue weighted by Gasteiger charge is 2.57. The van der Waals surface area contributed by atoms with Crippen LogP contribution in [0.4, 0.5) is 23.3 Å². The zero-order chi connectivity index (χ0) is 102. The first-order chi connectivity index (χ1) is 72.0. The molecule has 8 unspecified atom stereocenters. The number of Topliss-reactive ketones (excluding diaryl/α,β-unsaturated/α-hetero) is 4. The van der Waals surface area contributed by atoms with E-state index in [4.69, 9.17) is 42.9 Å². The zero-order valence-corrected chi connectivity index (χ0v) is 81.9. The lowest BCUT2D eigenvalue weighted by molar-refractivity contribution is -0.128. The minimum absolute atomic E-state index is 0.00127. The topological polar surface area (TPSA) is 426 Å². The quantitative estimate of drug-likeness (QED) is 0.0278. The van der Waals surface area contributed by atoms with Crippen LogP contribution in [0.15, 0.2) is 270 Å². The molecule has 8 aliphatic rings. The van der Waals surface area contributed by atoms with Crippen molar-refractivity contribution in [1.82, 2.24) is 97.0 Å². The van der Waals surface area contributed by atoms with Crippen molar-refractivity contribution >= 4 is 92.1 Å². The summed E-state index contributed by atoms with van der Waals surface area (Å²) < 4.78 is 7.85. The molecule has 32 heteroatoms. The fraction of sp³-hybridized carbons (Fsp3) is 0.276. The molecule has 4 amide bonds. The van der Waals surface area contributed by atoms with Gasteiger partial charge in [0.2, 0.25) is 11.8 Å². The Bertz CT molecular complexity index is 8020. The minimum Gasteiger partial charge on any atom is -0.382 e. The number of nitrogens with zero attached hydrogens (tertiary/aromatic N) is 20. The average Bonchev–Trinajstić information content (AvgIpc) is 1.56. The SMILES string of the molecule is C=CC(=O)N1CC2(CC2)CC1c1nc(-c2ccc(C(=O)Cc3ccccn3)cc2)c2c(N)nccn12.C=CC(=O)N1CC2CCCC2C1c1nc(-c2ccc(C(=O)Cc3ccccn3)cc2)c2c(N)nccn12.CC#CC(=O)N1CC2(CC2)CC1c1nc(-c2ccc(C(=O)Cc3ccccn3)cc2)c2c(N)nccn12.CC#CC(=O)N1CC2CCCC2C1c1nc(-c2ccc(C(=O)Cc3ccccn3)cc2)c2c(N)nccn12. The zero-order valence-electron chi connectivity index (χ0n) is 81.9. The van der Waals surface area contributed by atoms with Gasteiger partial charge in [-0.2, -0.15) is 0 Å². The van der Waals surface area contributed by atoms with E-state index < -0.39 is 0 Å². The molecule has 12 aromatic heterocycles. The number of aromatic nitrogens is 16. The number of carbonyl (C=O) groups excluding carboxylic acids is 8. The molecule has 0 radical (unpaired) electrons. The standard InChI is InChI=1S/C30H28N6O2.C29H28N6O2.C29H26N6O2.C28H26N6O2/c1-2-6-25(38)36-18-21-7-5-9-23(21)27(36)30-34-26(28-29(31)33-15-16-35(28)30)20-12-10-19(11-13-20)24(37)17-22-8-3-4-14-32-22;1-2-24(37)35-17-20-6-5-8-22(20)26(35)29-33-25(27-28(30)32-14-15-34(27)29)19-11-9-18(10-12-19)23(36)16-21-7-3-4-13-31-21;1-2-5-24(37)35-18-29(11-12-29)17-22(35)28-33-25(26-27(30)32-14-15-34(26)28)20-9-7-19(8-10-20)23(36)16-21-6-3-4-13-31-21;1-2-23(36)34-17-28(10-11-28)16-21(34)27-32-24(25-26(29)31-13-14-33(25)27)19-8-6-18(7-9-19)22(35)15-20-5-3-4-12-30-20/h3-4,8,10-16,21,23,27H,5,7,9,17-18H2,1H3,(H2,31,33);2-4,7,9-15,20,22,26H,1,5-6,8,16-17H2,(H2,30,32);3-4,6-10,13-15,22H,11-12,16-18H2,1H3,(H2,30,32);2-9,12-14,21H,1,10-11,15-17H2,(H2,29,31). The second kappa shape index (κ2) is 40.8. The number of ketones is 4. The van der Waals surface area contributed by atoms with Gasteiger partial charge in [-0.1, -0.05) is 159 Å². The summed E-state index contributed by atoms with van der Waals surface area (Å²) in [7, 11) is 0.